The summed E-state index contributed by atoms with van der Waals surface area (Å²) in [6.07, 6.45) is 0. The Morgan fingerprint density at radius 1 is 1.00 bits per heavy atom. The van der Waals surface area contributed by atoms with Crippen molar-refractivity contribution in [1.82, 2.24) is 0 Å². The van der Waals surface area contributed by atoms with Crippen LogP contribution in [0.5, 0.6) is 0 Å². The molecule has 5 heteroatoms. The number of halogens is 1. The van der Waals surface area contributed by atoms with E-state index < -0.39 is 0 Å². The molecule has 1 saturated heterocycles. The molecule has 0 atom stereocenters. The van der Waals surface area contributed by atoms with Gasteiger partial charge in [-0.1, -0.05) is 41.4 Å². The van der Waals surface area contributed by atoms with Crippen molar-refractivity contribution in [2.75, 3.05) is 4.90 Å². The van der Waals surface area contributed by atoms with Gasteiger partial charge >= 0.3 is 0 Å². The molecule has 0 aliphatic carbocycles. The number of benzene rings is 2. The third-order valence-corrected chi connectivity index (χ3v) is 4.97. The molecule has 2 amide bonds. The van der Waals surface area contributed by atoms with E-state index in [1.165, 1.54) is 4.90 Å². The topological polar surface area (TPSA) is 37.4 Å². The first-order valence-corrected chi connectivity index (χ1v) is 8.26. The predicted molar refractivity (Wildman–Crippen MR) is 95.7 cm³/mol. The fourth-order valence-corrected chi connectivity index (χ4v) is 3.38. The Morgan fingerprint density at radius 2 is 1.61 bits per heavy atom. The molecule has 1 aliphatic rings. The first-order valence-electron chi connectivity index (χ1n) is 7.07. The maximum absolute atomic E-state index is 12.7. The number of hydrogen-bond acceptors (Lipinski definition) is 3. The third-order valence-electron chi connectivity index (χ3n) is 3.68. The van der Waals surface area contributed by atoms with Crippen molar-refractivity contribution in [2.24, 2.45) is 0 Å². The van der Waals surface area contributed by atoms with E-state index in [-0.39, 0.29) is 11.1 Å². The molecule has 2 aromatic rings. The highest BCUT2D eigenvalue weighted by molar-refractivity contribution is 8.19. The highest BCUT2D eigenvalue weighted by Crippen LogP contribution is 2.39. The average Bonchev–Trinajstić information content (AvgIpc) is 2.83. The zero-order valence-corrected chi connectivity index (χ0v) is 14.2. The first-order chi connectivity index (χ1) is 11.0. The van der Waals surface area contributed by atoms with E-state index in [9.17, 15) is 9.59 Å². The van der Waals surface area contributed by atoms with E-state index in [1.54, 1.807) is 24.3 Å². The molecule has 1 fully saturated rings. The fraction of sp³-hybridized carbons (Fsp3) is 0.111. The average molecular weight is 344 g/mol. The summed E-state index contributed by atoms with van der Waals surface area (Å²) in [7, 11) is 0. The number of anilines is 1. The Bertz CT molecular complexity index is 810. The Kier molecular flexibility index (Phi) is 4.28. The van der Waals surface area contributed by atoms with Crippen molar-refractivity contribution < 1.29 is 9.59 Å². The number of imide groups is 1. The normalized spacial score (nSPS) is 16.9. The second-order valence-corrected chi connectivity index (χ2v) is 6.70. The van der Waals surface area contributed by atoms with Gasteiger partial charge in [0.05, 0.1) is 10.6 Å². The van der Waals surface area contributed by atoms with Gasteiger partial charge in [-0.2, -0.15) is 0 Å². The molecule has 1 heterocycles. The van der Waals surface area contributed by atoms with Crippen molar-refractivity contribution in [1.29, 1.82) is 0 Å². The lowest BCUT2D eigenvalue weighted by atomic mass is 10.1. The van der Waals surface area contributed by atoms with E-state index in [0.717, 1.165) is 28.5 Å². The fourth-order valence-electron chi connectivity index (χ4n) is 2.35. The minimum absolute atomic E-state index is 0.276. The van der Waals surface area contributed by atoms with Crippen LogP contribution in [-0.2, 0) is 4.79 Å². The van der Waals surface area contributed by atoms with Crippen LogP contribution in [-0.4, -0.2) is 11.1 Å². The molecule has 0 bridgehead atoms. The highest BCUT2D eigenvalue weighted by atomic mass is 35.5. The Hall–Kier alpha value is -2.04. The Balaban J connectivity index is 1.98. The van der Waals surface area contributed by atoms with Gasteiger partial charge in [0, 0.05) is 5.02 Å². The monoisotopic (exact) mass is 343 g/mol. The van der Waals surface area contributed by atoms with Crippen molar-refractivity contribution >= 4 is 45.8 Å². The van der Waals surface area contributed by atoms with E-state index in [2.05, 4.69) is 0 Å². The lowest BCUT2D eigenvalue weighted by molar-refractivity contribution is -0.113. The molecule has 0 aromatic heterocycles. The number of rotatable bonds is 2. The van der Waals surface area contributed by atoms with Gasteiger partial charge in [0.2, 0.25) is 0 Å². The van der Waals surface area contributed by atoms with E-state index >= 15 is 0 Å². The molecular weight excluding hydrogens is 330 g/mol. The van der Waals surface area contributed by atoms with Crippen LogP contribution in [0.25, 0.3) is 5.57 Å². The van der Waals surface area contributed by atoms with Gasteiger partial charge in [-0.25, -0.2) is 4.90 Å². The van der Waals surface area contributed by atoms with E-state index in [0.29, 0.717) is 15.6 Å². The summed E-state index contributed by atoms with van der Waals surface area (Å²) in [5.74, 6) is -0.281. The molecular formula is C18H14ClNO2S. The lowest BCUT2D eigenvalue weighted by Crippen LogP contribution is -2.27. The minimum Gasteiger partial charge on any atom is -0.268 e. The van der Waals surface area contributed by atoms with Gasteiger partial charge in [-0.15, -0.1) is 0 Å². The molecule has 1 aliphatic heterocycles. The van der Waals surface area contributed by atoms with Crippen LogP contribution in [0.4, 0.5) is 10.5 Å². The predicted octanol–water partition coefficient (Wildman–Crippen LogP) is 5.28. The van der Waals surface area contributed by atoms with Crippen LogP contribution in [0.2, 0.25) is 5.02 Å². The van der Waals surface area contributed by atoms with Gasteiger partial charge in [-0.3, -0.25) is 9.59 Å². The van der Waals surface area contributed by atoms with Crippen LogP contribution in [0.3, 0.4) is 0 Å². The van der Waals surface area contributed by atoms with E-state index in [1.807, 2.05) is 38.1 Å². The molecule has 0 unspecified atom stereocenters. The van der Waals surface area contributed by atoms with Crippen molar-refractivity contribution in [2.45, 2.75) is 13.8 Å². The number of amides is 2. The van der Waals surface area contributed by atoms with Crippen LogP contribution in [0.15, 0.2) is 53.4 Å². The maximum Gasteiger partial charge on any atom is 0.298 e. The summed E-state index contributed by atoms with van der Waals surface area (Å²) in [6.45, 7) is 3.80. The molecule has 0 radical (unpaired) electrons. The number of thioether (sulfide) groups is 1. The van der Waals surface area contributed by atoms with Crippen LogP contribution < -0.4 is 4.90 Å². The number of allylic oxidation sites excluding steroid dienone is 1. The molecule has 0 spiro atoms. The number of hydrogen-bond donors (Lipinski definition) is 0. The summed E-state index contributed by atoms with van der Waals surface area (Å²) in [5, 5.41) is 0.358. The van der Waals surface area contributed by atoms with Crippen LogP contribution >= 0.6 is 23.4 Å². The van der Waals surface area contributed by atoms with E-state index in [4.69, 9.17) is 11.6 Å². The van der Waals surface area contributed by atoms with Crippen molar-refractivity contribution in [3.63, 3.8) is 0 Å². The van der Waals surface area contributed by atoms with Crippen LogP contribution in [0.1, 0.15) is 18.1 Å². The number of nitrogens with zero attached hydrogens (tertiary/aromatic N) is 1. The SMILES string of the molecule is C/C(=C1/SC(=O)N(c2ccc(C)cc2)C1=O)c1ccc(Cl)cc1. The zero-order valence-electron chi connectivity index (χ0n) is 12.7. The maximum atomic E-state index is 12.7. The molecule has 0 saturated carbocycles. The lowest BCUT2D eigenvalue weighted by Gasteiger charge is -2.12. The summed E-state index contributed by atoms with van der Waals surface area (Å²) in [5.41, 5.74) is 3.33. The molecule has 116 valence electrons. The summed E-state index contributed by atoms with van der Waals surface area (Å²) >= 11 is 6.87. The summed E-state index contributed by atoms with van der Waals surface area (Å²) in [6, 6.07) is 14.6. The largest absolute Gasteiger partial charge is 0.298 e. The summed E-state index contributed by atoms with van der Waals surface area (Å²) in [4.78, 5) is 26.6. The molecule has 3 rings (SSSR count). The molecule has 0 N–H and O–H groups in total. The quantitative estimate of drug-likeness (QED) is 0.696. The third kappa shape index (κ3) is 3.05. The standard InChI is InChI=1S/C18H14ClNO2S/c1-11-3-9-15(10-4-11)20-17(21)16(23-18(20)22)12(2)13-5-7-14(19)8-6-13/h3-10H,1-2H3/b16-12-. The van der Waals surface area contributed by atoms with Crippen molar-refractivity contribution in [3.05, 3.63) is 69.6 Å². The highest BCUT2D eigenvalue weighted by Gasteiger charge is 2.37. The van der Waals surface area contributed by atoms with Gasteiger partial charge in [-0.05, 0) is 61.0 Å². The minimum atomic E-state index is -0.281. The number of carbonyl (C=O) groups excluding carboxylic acids is 2. The molecule has 23 heavy (non-hydrogen) atoms. The smallest absolute Gasteiger partial charge is 0.268 e. The Labute approximate surface area is 143 Å². The second-order valence-electron chi connectivity index (χ2n) is 5.31. The second kappa shape index (κ2) is 6.22. The van der Waals surface area contributed by atoms with Gasteiger partial charge in [0.1, 0.15) is 0 Å². The number of carbonyl (C=O) groups is 2. The number of aryl methyl sites for hydroxylation is 1. The van der Waals surface area contributed by atoms with Gasteiger partial charge < -0.3 is 0 Å². The Morgan fingerprint density at radius 3 is 2.22 bits per heavy atom. The molecule has 2 aromatic carbocycles. The van der Waals surface area contributed by atoms with Crippen LogP contribution in [0, 0.1) is 6.92 Å². The van der Waals surface area contributed by atoms with Gasteiger partial charge in [0.25, 0.3) is 11.1 Å². The van der Waals surface area contributed by atoms with Gasteiger partial charge in [0.15, 0.2) is 0 Å². The molecule has 3 nitrogen and oxygen atoms in total. The zero-order chi connectivity index (χ0) is 16.6. The first kappa shape index (κ1) is 15.8. The summed E-state index contributed by atoms with van der Waals surface area (Å²) < 4.78 is 0. The van der Waals surface area contributed by atoms with Crippen molar-refractivity contribution in [3.8, 4) is 0 Å².